The Labute approximate surface area is 256 Å². The molecule has 2 fully saturated rings. The summed E-state index contributed by atoms with van der Waals surface area (Å²) in [5.74, 6) is -1.74. The number of aromatic nitrogens is 3. The summed E-state index contributed by atoms with van der Waals surface area (Å²) in [6.07, 6.45) is 4.46. The number of piperidine rings is 2. The summed E-state index contributed by atoms with van der Waals surface area (Å²) in [6.45, 7) is 2.54. The van der Waals surface area contributed by atoms with Gasteiger partial charge in [-0.2, -0.15) is 0 Å². The second kappa shape index (κ2) is 11.6. The van der Waals surface area contributed by atoms with Gasteiger partial charge < -0.3 is 15.4 Å². The van der Waals surface area contributed by atoms with E-state index in [1.165, 1.54) is 17.6 Å². The molecule has 10 nitrogen and oxygen atoms in total. The molecule has 2 aliphatic rings. The van der Waals surface area contributed by atoms with Gasteiger partial charge in [-0.05, 0) is 24.3 Å². The van der Waals surface area contributed by atoms with Gasteiger partial charge in [-0.3, -0.25) is 8.79 Å². The highest BCUT2D eigenvalue weighted by Gasteiger charge is 2.48. The van der Waals surface area contributed by atoms with Crippen molar-refractivity contribution in [3.8, 4) is 17.0 Å². The first kappa shape index (κ1) is 30.2. The third-order valence-corrected chi connectivity index (χ3v) is 10.3. The van der Waals surface area contributed by atoms with E-state index in [0.29, 0.717) is 51.9 Å². The number of nitrogens with one attached hydrogen (secondary N) is 2. The second-order valence-corrected chi connectivity index (χ2v) is 13.7. The minimum atomic E-state index is -3.49. The first-order valence-corrected chi connectivity index (χ1v) is 16.6. The molecule has 44 heavy (non-hydrogen) atoms. The quantitative estimate of drug-likeness (QED) is 0.265. The number of hydrogen-bond donors (Lipinski definition) is 2. The molecule has 13 heteroatoms. The van der Waals surface area contributed by atoms with Crippen molar-refractivity contribution in [3.63, 3.8) is 0 Å². The normalized spacial score (nSPS) is 18.7. The van der Waals surface area contributed by atoms with E-state index in [1.807, 2.05) is 42.5 Å². The van der Waals surface area contributed by atoms with E-state index >= 15 is 0 Å². The van der Waals surface area contributed by atoms with Crippen molar-refractivity contribution in [1.29, 1.82) is 0 Å². The zero-order valence-corrected chi connectivity index (χ0v) is 25.9. The Morgan fingerprint density at radius 2 is 1.82 bits per heavy atom. The highest BCUT2D eigenvalue weighted by atomic mass is 32.2. The lowest BCUT2D eigenvalue weighted by atomic mass is 9.93. The van der Waals surface area contributed by atoms with Gasteiger partial charge in [0.25, 0.3) is 5.92 Å². The number of methoxy groups -OCH3 is 1. The molecule has 0 spiro atoms. The molecule has 6 rings (SSSR count). The molecule has 0 unspecified atom stereocenters. The Morgan fingerprint density at radius 3 is 2.52 bits per heavy atom. The maximum atomic E-state index is 14.3. The van der Waals surface area contributed by atoms with E-state index in [9.17, 15) is 17.2 Å². The van der Waals surface area contributed by atoms with E-state index in [0.717, 1.165) is 37.1 Å². The van der Waals surface area contributed by atoms with Crippen LogP contribution >= 0.6 is 0 Å². The Morgan fingerprint density at radius 1 is 1.09 bits per heavy atom. The fourth-order valence-corrected chi connectivity index (χ4v) is 7.10. The van der Waals surface area contributed by atoms with Crippen molar-refractivity contribution in [1.82, 2.24) is 24.4 Å². The Bertz CT molecular complexity index is 1760. The van der Waals surface area contributed by atoms with Crippen LogP contribution in [0.1, 0.15) is 25.7 Å². The molecule has 0 atom stereocenters. The second-order valence-electron chi connectivity index (χ2n) is 11.7. The van der Waals surface area contributed by atoms with Crippen LogP contribution in [0, 0.1) is 0 Å². The number of fused-ring (bicyclic) bond motifs is 1. The molecule has 0 aliphatic carbocycles. The van der Waals surface area contributed by atoms with Crippen LogP contribution in [0.4, 0.5) is 31.8 Å². The van der Waals surface area contributed by atoms with Crippen molar-refractivity contribution in [2.75, 3.05) is 56.2 Å². The maximum Gasteiger partial charge on any atom is 0.258 e. The summed E-state index contributed by atoms with van der Waals surface area (Å²) in [4.78, 5) is 4.50. The number of alkyl halides is 2. The number of rotatable bonds is 8. The van der Waals surface area contributed by atoms with Crippen molar-refractivity contribution < 1.29 is 21.9 Å². The predicted molar refractivity (Wildman–Crippen MR) is 170 cm³/mol. The summed E-state index contributed by atoms with van der Waals surface area (Å²) in [6, 6.07) is 17.1. The third-order valence-electron chi connectivity index (χ3n) is 9.12. The molecule has 4 aromatic rings. The van der Waals surface area contributed by atoms with Gasteiger partial charge in [0.2, 0.25) is 16.0 Å². The van der Waals surface area contributed by atoms with E-state index in [-0.39, 0.29) is 18.9 Å². The van der Waals surface area contributed by atoms with Gasteiger partial charge in [-0.1, -0.05) is 18.2 Å². The van der Waals surface area contributed by atoms with Gasteiger partial charge >= 0.3 is 0 Å². The highest BCUT2D eigenvalue weighted by molar-refractivity contribution is 7.92. The molecule has 2 aromatic heterocycles. The SMILES string of the molecule is COc1cc([N+]2(C3CCNCC3)CCC(F)(F)CC2)ccc1Nc1ncc2ccc(-c3ccccc3N(C)S(C)(=O)=O)n2n1. The number of sulfonamides is 1. The van der Waals surface area contributed by atoms with E-state index in [2.05, 4.69) is 15.6 Å². The molecule has 0 radical (unpaired) electrons. The van der Waals surface area contributed by atoms with Gasteiger partial charge in [0, 0.05) is 50.7 Å². The molecule has 0 amide bonds. The topological polar surface area (TPSA) is 101 Å². The number of halogens is 2. The molecule has 2 saturated heterocycles. The number of likely N-dealkylation sites (tertiary alicyclic amines) is 1. The lowest BCUT2D eigenvalue weighted by molar-refractivity contribution is -0.0628. The van der Waals surface area contributed by atoms with Crippen LogP contribution in [0.15, 0.2) is 60.8 Å². The zero-order chi connectivity index (χ0) is 31.1. The molecule has 234 valence electrons. The summed E-state index contributed by atoms with van der Waals surface area (Å²) in [5, 5.41) is 11.4. The molecule has 2 N–H and O–H groups in total. The van der Waals surface area contributed by atoms with Crippen molar-refractivity contribution in [2.24, 2.45) is 0 Å². The molecular formula is C31H38F2N7O3S+. The van der Waals surface area contributed by atoms with Crippen molar-refractivity contribution in [2.45, 2.75) is 37.6 Å². The predicted octanol–water partition coefficient (Wildman–Crippen LogP) is 5.03. The Kier molecular flexibility index (Phi) is 7.97. The standard InChI is InChI=1S/C31H38F2N7O3S/c1-38(44(3,41)42)27-7-5-4-6-25(27)28-11-8-22-21-35-30(37-39(22)28)36-26-10-9-24(20-29(26)43-2)40(23-12-16-34-17-13-23)18-14-31(32,33)15-19-40/h4-11,20-21,23,34H,12-19H2,1-3H3,(H,36,37)/q+1. The summed E-state index contributed by atoms with van der Waals surface area (Å²) < 4.78 is 62.6. The zero-order valence-electron chi connectivity index (χ0n) is 25.1. The number of anilines is 3. The first-order valence-electron chi connectivity index (χ1n) is 14.8. The largest absolute Gasteiger partial charge is 0.494 e. The number of nitrogens with zero attached hydrogens (tertiary/aromatic N) is 5. The average Bonchev–Trinajstić information content (AvgIpc) is 3.44. The smallest absolute Gasteiger partial charge is 0.258 e. The highest BCUT2D eigenvalue weighted by Crippen LogP contribution is 2.43. The van der Waals surface area contributed by atoms with E-state index in [1.54, 1.807) is 30.0 Å². The first-order chi connectivity index (χ1) is 21.0. The summed E-state index contributed by atoms with van der Waals surface area (Å²) in [5.41, 5.74) is 4.29. The monoisotopic (exact) mass is 626 g/mol. The number of para-hydroxylation sites is 1. The lowest BCUT2D eigenvalue weighted by Gasteiger charge is -2.49. The van der Waals surface area contributed by atoms with Crippen molar-refractivity contribution >= 4 is 38.6 Å². The number of quaternary nitrogens is 1. The van der Waals surface area contributed by atoms with Gasteiger partial charge in [0.1, 0.15) is 11.4 Å². The van der Waals surface area contributed by atoms with Gasteiger partial charge in [-0.25, -0.2) is 26.7 Å². The van der Waals surface area contributed by atoms with Crippen LogP contribution in [0.3, 0.4) is 0 Å². The summed E-state index contributed by atoms with van der Waals surface area (Å²) in [7, 11) is -0.372. The minimum absolute atomic E-state index is 0.130. The van der Waals surface area contributed by atoms with Gasteiger partial charge in [0.15, 0.2) is 0 Å². The van der Waals surface area contributed by atoms with Gasteiger partial charge in [0.05, 0.1) is 74.1 Å². The number of ether oxygens (including phenoxy) is 1. The third kappa shape index (κ3) is 5.71. The van der Waals surface area contributed by atoms with Gasteiger partial charge in [-0.15, -0.1) is 5.10 Å². The van der Waals surface area contributed by atoms with Crippen LogP contribution in [0.5, 0.6) is 5.75 Å². The Hall–Kier alpha value is -3.81. The molecule has 2 aliphatic heterocycles. The minimum Gasteiger partial charge on any atom is -0.494 e. The average molecular weight is 627 g/mol. The molecule has 4 heterocycles. The lowest BCUT2D eigenvalue weighted by Crippen LogP contribution is -2.64. The van der Waals surface area contributed by atoms with Crippen LogP contribution in [0.25, 0.3) is 16.8 Å². The number of benzene rings is 2. The molecule has 2 aromatic carbocycles. The fourth-order valence-electron chi connectivity index (χ4n) is 6.59. The maximum absolute atomic E-state index is 14.3. The van der Waals surface area contributed by atoms with Crippen LogP contribution in [0.2, 0.25) is 0 Å². The molecule has 0 saturated carbocycles. The van der Waals surface area contributed by atoms with E-state index in [4.69, 9.17) is 9.84 Å². The van der Waals surface area contributed by atoms with E-state index < -0.39 is 15.9 Å². The van der Waals surface area contributed by atoms with Crippen molar-refractivity contribution in [3.05, 3.63) is 60.8 Å². The van der Waals surface area contributed by atoms with Crippen LogP contribution in [-0.4, -0.2) is 81.6 Å². The molecule has 0 bridgehead atoms. The Balaban J connectivity index is 1.34. The van der Waals surface area contributed by atoms with Crippen LogP contribution in [-0.2, 0) is 10.0 Å². The van der Waals surface area contributed by atoms with Crippen LogP contribution < -0.4 is 24.2 Å². The molecular weight excluding hydrogens is 588 g/mol. The number of hydrogen-bond acceptors (Lipinski definition) is 7. The fraction of sp³-hybridized carbons (Fsp3) is 0.419. The summed E-state index contributed by atoms with van der Waals surface area (Å²) >= 11 is 0.